The van der Waals surface area contributed by atoms with E-state index in [0.717, 1.165) is 42.8 Å². The van der Waals surface area contributed by atoms with Crippen molar-refractivity contribution >= 4 is 5.69 Å². The average Bonchev–Trinajstić information content (AvgIpc) is 3.03. The summed E-state index contributed by atoms with van der Waals surface area (Å²) in [4.78, 5) is 10.9. The van der Waals surface area contributed by atoms with E-state index in [0.29, 0.717) is 0 Å². The van der Waals surface area contributed by atoms with Gasteiger partial charge in [0.05, 0.1) is 4.92 Å². The van der Waals surface area contributed by atoms with Crippen molar-refractivity contribution < 1.29 is 9.34 Å². The Balaban J connectivity index is 1.75. The molecule has 0 radical (unpaired) electrons. The zero-order valence-corrected chi connectivity index (χ0v) is 19.7. The van der Waals surface area contributed by atoms with Crippen LogP contribution in [0.4, 0.5) is 5.69 Å². The van der Waals surface area contributed by atoms with Gasteiger partial charge in [0.2, 0.25) is 0 Å². The van der Waals surface area contributed by atoms with Crippen LogP contribution in [-0.2, 0) is 12.8 Å². The Morgan fingerprint density at radius 1 is 0.765 bits per heavy atom. The minimum Gasteiger partial charge on any atom is -0.460 e. The summed E-state index contributed by atoms with van der Waals surface area (Å²) in [5.41, 5.74) is 8.41. The van der Waals surface area contributed by atoms with E-state index in [-0.39, 0.29) is 16.5 Å². The second-order valence-corrected chi connectivity index (χ2v) is 9.37. The molecule has 0 saturated heterocycles. The molecule has 1 aliphatic carbocycles. The second-order valence-electron chi connectivity index (χ2n) is 9.37. The normalized spacial score (nSPS) is 13.5. The Morgan fingerprint density at radius 2 is 1.32 bits per heavy atom. The van der Waals surface area contributed by atoms with E-state index in [1.165, 1.54) is 39.8 Å². The highest BCUT2D eigenvalue weighted by molar-refractivity contribution is 5.69. The van der Waals surface area contributed by atoms with Gasteiger partial charge >= 0.3 is 0 Å². The number of fused-ring (bicyclic) bond motifs is 1. The lowest BCUT2D eigenvalue weighted by atomic mass is 9.80. The fraction of sp³-hybridized carbons (Fsp3) is 0.267. The number of benzene rings is 3. The van der Waals surface area contributed by atoms with Crippen molar-refractivity contribution in [3.05, 3.63) is 122 Å². The number of hydrogen-bond donors (Lipinski definition) is 0. The monoisotopic (exact) mass is 451 g/mol. The molecule has 4 heteroatoms. The maximum atomic E-state index is 11.2. The SMILES string of the molecule is Cc1ccc(C(c2ccc(C)cc2)c2c(-c3ccc([N+](=O)[O-])cc3)oc3c2CCCCC3)cc1. The largest absolute Gasteiger partial charge is 0.460 e. The van der Waals surface area contributed by atoms with Crippen LogP contribution in [0.2, 0.25) is 0 Å². The van der Waals surface area contributed by atoms with Crippen LogP contribution in [0, 0.1) is 24.0 Å². The molecule has 0 bridgehead atoms. The minimum absolute atomic E-state index is 0.0250. The third-order valence-corrected chi connectivity index (χ3v) is 6.91. The molecule has 0 unspecified atom stereocenters. The van der Waals surface area contributed by atoms with Gasteiger partial charge in [-0.05, 0) is 61.9 Å². The van der Waals surface area contributed by atoms with Crippen molar-refractivity contribution in [3.8, 4) is 11.3 Å². The van der Waals surface area contributed by atoms with Crippen molar-refractivity contribution in [3.63, 3.8) is 0 Å². The average molecular weight is 452 g/mol. The van der Waals surface area contributed by atoms with Crippen LogP contribution in [-0.4, -0.2) is 4.92 Å². The summed E-state index contributed by atoms with van der Waals surface area (Å²) >= 11 is 0. The number of aryl methyl sites for hydroxylation is 3. The van der Waals surface area contributed by atoms with Gasteiger partial charge in [-0.15, -0.1) is 0 Å². The number of non-ortho nitro benzene ring substituents is 1. The van der Waals surface area contributed by atoms with Crippen LogP contribution in [0.5, 0.6) is 0 Å². The van der Waals surface area contributed by atoms with E-state index in [1.54, 1.807) is 12.1 Å². The molecule has 4 nitrogen and oxygen atoms in total. The molecule has 1 aromatic heterocycles. The van der Waals surface area contributed by atoms with E-state index >= 15 is 0 Å². The van der Waals surface area contributed by atoms with E-state index in [2.05, 4.69) is 62.4 Å². The molecule has 3 aromatic carbocycles. The van der Waals surface area contributed by atoms with Gasteiger partial charge in [0.25, 0.3) is 5.69 Å². The summed E-state index contributed by atoms with van der Waals surface area (Å²) in [6.45, 7) is 4.22. The van der Waals surface area contributed by atoms with E-state index in [4.69, 9.17) is 4.42 Å². The summed E-state index contributed by atoms with van der Waals surface area (Å²) in [7, 11) is 0. The van der Waals surface area contributed by atoms with Crippen molar-refractivity contribution in [2.75, 3.05) is 0 Å². The highest BCUT2D eigenvalue weighted by Gasteiger charge is 2.30. The van der Waals surface area contributed by atoms with Crippen LogP contribution >= 0.6 is 0 Å². The van der Waals surface area contributed by atoms with Gasteiger partial charge in [-0.25, -0.2) is 0 Å². The van der Waals surface area contributed by atoms with Gasteiger partial charge in [-0.2, -0.15) is 0 Å². The molecule has 0 N–H and O–H groups in total. The lowest BCUT2D eigenvalue weighted by Gasteiger charge is -2.21. The van der Waals surface area contributed by atoms with Crippen molar-refractivity contribution in [1.82, 2.24) is 0 Å². The van der Waals surface area contributed by atoms with Gasteiger partial charge in [0.1, 0.15) is 11.5 Å². The summed E-state index contributed by atoms with van der Waals surface area (Å²) < 4.78 is 6.61. The molecule has 0 aliphatic heterocycles. The molecule has 0 spiro atoms. The predicted octanol–water partition coefficient (Wildman–Crippen LogP) is 7.92. The van der Waals surface area contributed by atoms with Gasteiger partial charge in [-0.1, -0.05) is 66.1 Å². The number of nitro benzene ring substituents is 1. The number of rotatable bonds is 5. The quantitative estimate of drug-likeness (QED) is 0.176. The first-order valence-electron chi connectivity index (χ1n) is 12.0. The topological polar surface area (TPSA) is 56.3 Å². The first-order valence-corrected chi connectivity index (χ1v) is 12.0. The van der Waals surface area contributed by atoms with Crippen molar-refractivity contribution in [2.24, 2.45) is 0 Å². The minimum atomic E-state index is -0.358. The second kappa shape index (κ2) is 9.30. The fourth-order valence-electron chi connectivity index (χ4n) is 5.07. The van der Waals surface area contributed by atoms with Crippen LogP contribution < -0.4 is 0 Å². The van der Waals surface area contributed by atoms with Crippen molar-refractivity contribution in [2.45, 2.75) is 51.9 Å². The molecule has 0 fully saturated rings. The molecular weight excluding hydrogens is 422 g/mol. The third kappa shape index (κ3) is 4.28. The molecule has 0 atom stereocenters. The molecule has 172 valence electrons. The molecule has 5 rings (SSSR count). The summed E-state index contributed by atoms with van der Waals surface area (Å²) in [5, 5.41) is 11.2. The first kappa shape index (κ1) is 22.1. The highest BCUT2D eigenvalue weighted by Crippen LogP contribution is 2.45. The Bertz CT molecular complexity index is 1250. The lowest BCUT2D eigenvalue weighted by molar-refractivity contribution is -0.384. The smallest absolute Gasteiger partial charge is 0.269 e. The van der Waals surface area contributed by atoms with Gasteiger partial charge in [-0.3, -0.25) is 10.1 Å². The maximum Gasteiger partial charge on any atom is 0.269 e. The number of furan rings is 1. The standard InChI is InChI=1S/C30H29NO3/c1-20-8-12-22(13-9-20)28(23-14-10-21(2)11-15-23)29-26-6-4-3-5-7-27(26)34-30(29)24-16-18-25(19-17-24)31(32)33/h8-19,28H,3-7H2,1-2H3. The summed E-state index contributed by atoms with van der Waals surface area (Å²) in [5.74, 6) is 1.94. The zero-order valence-electron chi connectivity index (χ0n) is 19.7. The molecule has 4 aromatic rings. The van der Waals surface area contributed by atoms with E-state index in [1.807, 2.05) is 12.1 Å². The molecule has 34 heavy (non-hydrogen) atoms. The van der Waals surface area contributed by atoms with Gasteiger partial charge in [0, 0.05) is 35.6 Å². The van der Waals surface area contributed by atoms with E-state index < -0.39 is 0 Å². The molecule has 0 amide bonds. The molecule has 1 heterocycles. The van der Waals surface area contributed by atoms with Gasteiger partial charge in [0.15, 0.2) is 0 Å². The van der Waals surface area contributed by atoms with Crippen LogP contribution in [0.15, 0.2) is 77.2 Å². The van der Waals surface area contributed by atoms with Crippen molar-refractivity contribution in [1.29, 1.82) is 0 Å². The van der Waals surface area contributed by atoms with Crippen LogP contribution in [0.25, 0.3) is 11.3 Å². The Morgan fingerprint density at radius 3 is 1.88 bits per heavy atom. The molecular formula is C30H29NO3. The number of nitrogens with zero attached hydrogens (tertiary/aromatic N) is 1. The lowest BCUT2D eigenvalue weighted by Crippen LogP contribution is -2.07. The summed E-state index contributed by atoms with van der Waals surface area (Å²) in [6.07, 6.45) is 5.41. The third-order valence-electron chi connectivity index (χ3n) is 6.91. The Kier molecular flexibility index (Phi) is 6.06. The van der Waals surface area contributed by atoms with Crippen LogP contribution in [0.1, 0.15) is 64.3 Å². The van der Waals surface area contributed by atoms with Gasteiger partial charge < -0.3 is 4.42 Å². The highest BCUT2D eigenvalue weighted by atomic mass is 16.6. The Hall–Kier alpha value is -3.66. The zero-order chi connectivity index (χ0) is 23.7. The Labute approximate surface area is 200 Å². The predicted molar refractivity (Wildman–Crippen MR) is 135 cm³/mol. The van der Waals surface area contributed by atoms with Crippen LogP contribution in [0.3, 0.4) is 0 Å². The number of hydrogen-bond acceptors (Lipinski definition) is 3. The fourth-order valence-corrected chi connectivity index (χ4v) is 5.07. The first-order chi connectivity index (χ1) is 16.5. The van der Waals surface area contributed by atoms with E-state index in [9.17, 15) is 10.1 Å². The summed E-state index contributed by atoms with van der Waals surface area (Å²) in [6, 6.07) is 24.3. The molecule has 0 saturated carbocycles. The number of nitro groups is 1. The molecule has 1 aliphatic rings. The maximum absolute atomic E-state index is 11.2.